The SMILES string of the molecule is CC(C)(C)OC(=O)N1CCC(C(=O)O)(c2ccc3ccccc3c2)CC1. The summed E-state index contributed by atoms with van der Waals surface area (Å²) >= 11 is 0. The summed E-state index contributed by atoms with van der Waals surface area (Å²) in [6.45, 7) is 6.21. The van der Waals surface area contributed by atoms with Crippen molar-refractivity contribution in [3.05, 3.63) is 48.0 Å². The van der Waals surface area contributed by atoms with Gasteiger partial charge in [0, 0.05) is 13.1 Å². The highest BCUT2D eigenvalue weighted by molar-refractivity contribution is 5.87. The van der Waals surface area contributed by atoms with Crippen LogP contribution in [0.1, 0.15) is 39.2 Å². The van der Waals surface area contributed by atoms with Crippen LogP contribution in [0.5, 0.6) is 0 Å². The first-order valence-corrected chi connectivity index (χ1v) is 8.92. The second-order valence-electron chi connectivity index (χ2n) is 7.92. The van der Waals surface area contributed by atoms with E-state index in [1.54, 1.807) is 4.90 Å². The molecule has 2 aromatic carbocycles. The minimum atomic E-state index is -0.970. The van der Waals surface area contributed by atoms with Crippen molar-refractivity contribution >= 4 is 22.8 Å². The Kier molecular flexibility index (Phi) is 4.65. The third kappa shape index (κ3) is 3.52. The van der Waals surface area contributed by atoms with Gasteiger partial charge in [0.05, 0.1) is 5.41 Å². The molecule has 1 amide bonds. The van der Waals surface area contributed by atoms with Crippen molar-refractivity contribution in [2.75, 3.05) is 13.1 Å². The van der Waals surface area contributed by atoms with Gasteiger partial charge >= 0.3 is 12.1 Å². The first kappa shape index (κ1) is 18.2. The van der Waals surface area contributed by atoms with Gasteiger partial charge in [-0.1, -0.05) is 42.5 Å². The van der Waals surface area contributed by atoms with Crippen molar-refractivity contribution in [2.45, 2.75) is 44.6 Å². The summed E-state index contributed by atoms with van der Waals surface area (Å²) in [5, 5.41) is 12.1. The highest BCUT2D eigenvalue weighted by Gasteiger charge is 2.44. The van der Waals surface area contributed by atoms with Crippen molar-refractivity contribution in [1.29, 1.82) is 0 Å². The summed E-state index contributed by atoms with van der Waals surface area (Å²) in [5.41, 5.74) is -0.730. The van der Waals surface area contributed by atoms with Crippen molar-refractivity contribution in [3.8, 4) is 0 Å². The number of piperidine rings is 1. The van der Waals surface area contributed by atoms with Gasteiger partial charge < -0.3 is 14.7 Å². The summed E-state index contributed by atoms with van der Waals surface area (Å²) in [5.74, 6) is -0.836. The van der Waals surface area contributed by atoms with Crippen LogP contribution in [-0.2, 0) is 14.9 Å². The lowest BCUT2D eigenvalue weighted by atomic mass is 9.72. The van der Waals surface area contributed by atoms with Crippen LogP contribution < -0.4 is 0 Å². The normalized spacial score (nSPS) is 17.1. The molecule has 0 bridgehead atoms. The summed E-state index contributed by atoms with van der Waals surface area (Å²) in [4.78, 5) is 26.1. The van der Waals surface area contributed by atoms with Crippen LogP contribution in [0.3, 0.4) is 0 Å². The van der Waals surface area contributed by atoms with Gasteiger partial charge in [-0.25, -0.2) is 4.79 Å². The lowest BCUT2D eigenvalue weighted by molar-refractivity contribution is -0.146. The second kappa shape index (κ2) is 6.63. The highest BCUT2D eigenvalue weighted by Crippen LogP contribution is 2.37. The fourth-order valence-corrected chi connectivity index (χ4v) is 3.51. The molecule has 1 aliphatic heterocycles. The van der Waals surface area contributed by atoms with E-state index in [-0.39, 0.29) is 6.09 Å². The Morgan fingerprint density at radius 1 is 1.04 bits per heavy atom. The van der Waals surface area contributed by atoms with E-state index < -0.39 is 17.0 Å². The highest BCUT2D eigenvalue weighted by atomic mass is 16.6. The molecule has 1 fully saturated rings. The number of carbonyl (C=O) groups is 2. The smallest absolute Gasteiger partial charge is 0.410 e. The first-order chi connectivity index (χ1) is 12.2. The molecule has 1 aliphatic rings. The molecule has 5 heteroatoms. The molecule has 0 radical (unpaired) electrons. The summed E-state index contributed by atoms with van der Waals surface area (Å²) < 4.78 is 5.41. The number of benzene rings is 2. The molecule has 5 nitrogen and oxygen atoms in total. The quantitative estimate of drug-likeness (QED) is 0.877. The Bertz CT molecular complexity index is 829. The van der Waals surface area contributed by atoms with Gasteiger partial charge in [-0.2, -0.15) is 0 Å². The molecular weight excluding hydrogens is 330 g/mol. The van der Waals surface area contributed by atoms with E-state index in [0.717, 1.165) is 16.3 Å². The average molecular weight is 355 g/mol. The predicted molar refractivity (Wildman–Crippen MR) is 100 cm³/mol. The zero-order valence-electron chi connectivity index (χ0n) is 15.5. The maximum Gasteiger partial charge on any atom is 0.410 e. The monoisotopic (exact) mass is 355 g/mol. The minimum Gasteiger partial charge on any atom is -0.481 e. The molecule has 0 atom stereocenters. The molecule has 0 saturated carbocycles. The van der Waals surface area contributed by atoms with Crippen molar-refractivity contribution < 1.29 is 19.4 Å². The van der Waals surface area contributed by atoms with Crippen LogP contribution in [0.15, 0.2) is 42.5 Å². The van der Waals surface area contributed by atoms with Gasteiger partial charge in [0.1, 0.15) is 5.60 Å². The van der Waals surface area contributed by atoms with E-state index >= 15 is 0 Å². The zero-order chi connectivity index (χ0) is 18.9. The summed E-state index contributed by atoms with van der Waals surface area (Å²) in [7, 11) is 0. The van der Waals surface area contributed by atoms with Crippen LogP contribution in [0.25, 0.3) is 10.8 Å². The molecule has 0 aromatic heterocycles. The van der Waals surface area contributed by atoms with Crippen LogP contribution in [0, 0.1) is 0 Å². The van der Waals surface area contributed by atoms with E-state index in [1.165, 1.54) is 0 Å². The van der Waals surface area contributed by atoms with Gasteiger partial charge in [-0.05, 0) is 49.9 Å². The maximum absolute atomic E-state index is 12.3. The molecule has 1 N–H and O–H groups in total. The molecule has 0 unspecified atom stereocenters. The molecule has 3 rings (SSSR count). The first-order valence-electron chi connectivity index (χ1n) is 8.92. The number of carboxylic acid groups (broad SMARTS) is 1. The van der Waals surface area contributed by atoms with Gasteiger partial charge in [0.25, 0.3) is 0 Å². The number of aliphatic carboxylic acids is 1. The summed E-state index contributed by atoms with van der Waals surface area (Å²) in [6, 6.07) is 13.8. The molecule has 26 heavy (non-hydrogen) atoms. The average Bonchev–Trinajstić information content (AvgIpc) is 2.59. The fraction of sp³-hybridized carbons (Fsp3) is 0.429. The Morgan fingerprint density at radius 3 is 2.23 bits per heavy atom. The van der Waals surface area contributed by atoms with Crippen molar-refractivity contribution in [2.24, 2.45) is 0 Å². The van der Waals surface area contributed by atoms with Gasteiger partial charge in [-0.15, -0.1) is 0 Å². The number of amides is 1. The number of hydrogen-bond donors (Lipinski definition) is 1. The topological polar surface area (TPSA) is 66.8 Å². The molecular formula is C21H25NO4. The van der Waals surface area contributed by atoms with E-state index in [9.17, 15) is 14.7 Å². The van der Waals surface area contributed by atoms with Crippen molar-refractivity contribution in [1.82, 2.24) is 4.90 Å². The van der Waals surface area contributed by atoms with Crippen LogP contribution in [-0.4, -0.2) is 40.8 Å². The number of ether oxygens (including phenoxy) is 1. The maximum atomic E-state index is 12.3. The number of carbonyl (C=O) groups excluding carboxylic acids is 1. The largest absolute Gasteiger partial charge is 0.481 e. The zero-order valence-corrected chi connectivity index (χ0v) is 15.5. The Morgan fingerprint density at radius 2 is 1.65 bits per heavy atom. The van der Waals surface area contributed by atoms with Crippen LogP contribution >= 0.6 is 0 Å². The van der Waals surface area contributed by atoms with Gasteiger partial charge in [0.2, 0.25) is 0 Å². The lowest BCUT2D eigenvalue weighted by Crippen LogP contribution is -2.50. The number of hydrogen-bond acceptors (Lipinski definition) is 3. The Hall–Kier alpha value is -2.56. The fourth-order valence-electron chi connectivity index (χ4n) is 3.51. The molecule has 0 aliphatic carbocycles. The van der Waals surface area contributed by atoms with Crippen molar-refractivity contribution in [3.63, 3.8) is 0 Å². The molecule has 138 valence electrons. The van der Waals surface area contributed by atoms with Gasteiger partial charge in [-0.3, -0.25) is 4.79 Å². The second-order valence-corrected chi connectivity index (χ2v) is 7.92. The Balaban J connectivity index is 1.84. The molecule has 1 heterocycles. The Labute approximate surface area is 153 Å². The molecule has 0 spiro atoms. The van der Waals surface area contributed by atoms with Gasteiger partial charge in [0.15, 0.2) is 0 Å². The minimum absolute atomic E-state index is 0.369. The molecule has 2 aromatic rings. The van der Waals surface area contributed by atoms with E-state index in [0.29, 0.717) is 25.9 Å². The third-order valence-corrected chi connectivity index (χ3v) is 4.98. The number of carboxylic acids is 1. The predicted octanol–water partition coefficient (Wildman–Crippen LogP) is 4.19. The number of likely N-dealkylation sites (tertiary alicyclic amines) is 1. The number of rotatable bonds is 2. The summed E-state index contributed by atoms with van der Waals surface area (Å²) in [6.07, 6.45) is 0.370. The molecule has 1 saturated heterocycles. The van der Waals surface area contributed by atoms with E-state index in [4.69, 9.17) is 4.74 Å². The number of nitrogens with zero attached hydrogens (tertiary/aromatic N) is 1. The van der Waals surface area contributed by atoms with Crippen LogP contribution in [0.4, 0.5) is 4.79 Å². The number of fused-ring (bicyclic) bond motifs is 1. The van der Waals surface area contributed by atoms with Crippen LogP contribution in [0.2, 0.25) is 0 Å². The lowest BCUT2D eigenvalue weighted by Gasteiger charge is -2.39. The van der Waals surface area contributed by atoms with E-state index in [2.05, 4.69) is 0 Å². The van der Waals surface area contributed by atoms with E-state index in [1.807, 2.05) is 63.2 Å². The standard InChI is InChI=1S/C21H25NO4/c1-20(2,3)26-19(25)22-12-10-21(11-13-22,18(23)24)17-9-8-15-6-4-5-7-16(15)14-17/h4-9,14H,10-13H2,1-3H3,(H,23,24). The third-order valence-electron chi connectivity index (χ3n) is 4.98.